The number of hydrogen-bond donors (Lipinski definition) is 1. The summed E-state index contributed by atoms with van der Waals surface area (Å²) in [5, 5.41) is 8.69. The number of benzene rings is 1. The molecular formula is C9H10N2. The Balaban J connectivity index is 3.44. The van der Waals surface area contributed by atoms with Crippen LogP contribution in [0.5, 0.6) is 0 Å². The Hall–Kier alpha value is -1.49. The summed E-state index contributed by atoms with van der Waals surface area (Å²) in [6.07, 6.45) is 0. The average Bonchev–Trinajstić information content (AvgIpc) is 1.99. The van der Waals surface area contributed by atoms with Gasteiger partial charge in [-0.3, -0.25) is 0 Å². The van der Waals surface area contributed by atoms with Gasteiger partial charge in [-0.1, -0.05) is 12.1 Å². The molecule has 0 aliphatic rings. The Morgan fingerprint density at radius 1 is 1.27 bits per heavy atom. The second-order valence-corrected chi connectivity index (χ2v) is 2.60. The molecule has 56 valence electrons. The van der Waals surface area contributed by atoms with E-state index in [1.807, 2.05) is 26.0 Å². The first kappa shape index (κ1) is 7.62. The first-order valence-electron chi connectivity index (χ1n) is 3.42. The molecule has 0 fully saturated rings. The van der Waals surface area contributed by atoms with Crippen molar-refractivity contribution in [3.05, 3.63) is 28.8 Å². The van der Waals surface area contributed by atoms with E-state index in [9.17, 15) is 0 Å². The molecule has 1 rings (SSSR count). The molecular weight excluding hydrogens is 136 g/mol. The Morgan fingerprint density at radius 2 is 1.82 bits per heavy atom. The number of nitrogen functional groups attached to an aromatic ring is 1. The number of nitriles is 1. The molecule has 0 radical (unpaired) electrons. The number of hydrogen-bond acceptors (Lipinski definition) is 2. The van der Waals surface area contributed by atoms with Gasteiger partial charge in [-0.15, -0.1) is 0 Å². The van der Waals surface area contributed by atoms with Gasteiger partial charge < -0.3 is 5.73 Å². The van der Waals surface area contributed by atoms with E-state index in [0.29, 0.717) is 11.3 Å². The van der Waals surface area contributed by atoms with Crippen molar-refractivity contribution >= 4 is 5.69 Å². The van der Waals surface area contributed by atoms with Crippen LogP contribution in [0.15, 0.2) is 12.1 Å². The van der Waals surface area contributed by atoms with Gasteiger partial charge in [0.1, 0.15) is 6.07 Å². The average molecular weight is 146 g/mol. The van der Waals surface area contributed by atoms with Crippen molar-refractivity contribution in [1.82, 2.24) is 0 Å². The van der Waals surface area contributed by atoms with Crippen LogP contribution in [-0.2, 0) is 0 Å². The molecule has 2 heteroatoms. The largest absolute Gasteiger partial charge is 0.397 e. The van der Waals surface area contributed by atoms with E-state index in [1.165, 1.54) is 0 Å². The molecule has 0 spiro atoms. The molecule has 0 atom stereocenters. The standard InChI is InChI=1S/C9H10N2/c1-6-3-4-7(2)9(11)8(6)5-10/h3-4H,11H2,1-2H3. The monoisotopic (exact) mass is 146 g/mol. The number of rotatable bonds is 0. The molecule has 0 aliphatic heterocycles. The first-order chi connectivity index (χ1) is 5.16. The Labute approximate surface area is 66.3 Å². The number of nitrogens with zero attached hydrogens (tertiary/aromatic N) is 1. The second-order valence-electron chi connectivity index (χ2n) is 2.60. The van der Waals surface area contributed by atoms with Crippen molar-refractivity contribution in [2.24, 2.45) is 0 Å². The summed E-state index contributed by atoms with van der Waals surface area (Å²) in [7, 11) is 0. The normalized spacial score (nSPS) is 9.18. The molecule has 0 unspecified atom stereocenters. The van der Waals surface area contributed by atoms with Crippen molar-refractivity contribution in [2.45, 2.75) is 13.8 Å². The topological polar surface area (TPSA) is 49.8 Å². The molecule has 1 aromatic rings. The van der Waals surface area contributed by atoms with Crippen LogP contribution in [0.4, 0.5) is 5.69 Å². The van der Waals surface area contributed by atoms with Gasteiger partial charge in [-0.05, 0) is 25.0 Å². The summed E-state index contributed by atoms with van der Waals surface area (Å²) in [4.78, 5) is 0. The second kappa shape index (κ2) is 2.63. The Morgan fingerprint density at radius 3 is 2.27 bits per heavy atom. The highest BCUT2D eigenvalue weighted by Gasteiger charge is 2.03. The highest BCUT2D eigenvalue weighted by molar-refractivity contribution is 5.61. The van der Waals surface area contributed by atoms with Crippen molar-refractivity contribution in [2.75, 3.05) is 5.73 Å². The minimum Gasteiger partial charge on any atom is -0.397 e. The van der Waals surface area contributed by atoms with Crippen molar-refractivity contribution in [3.63, 3.8) is 0 Å². The van der Waals surface area contributed by atoms with Gasteiger partial charge in [0.15, 0.2) is 0 Å². The zero-order chi connectivity index (χ0) is 8.43. The minimum absolute atomic E-state index is 0.602. The molecule has 11 heavy (non-hydrogen) atoms. The zero-order valence-electron chi connectivity index (χ0n) is 6.68. The molecule has 1 aromatic carbocycles. The van der Waals surface area contributed by atoms with Crippen LogP contribution in [0.2, 0.25) is 0 Å². The van der Waals surface area contributed by atoms with Crippen LogP contribution in [0.25, 0.3) is 0 Å². The fourth-order valence-electron chi connectivity index (χ4n) is 0.981. The van der Waals surface area contributed by atoms with E-state index in [4.69, 9.17) is 11.0 Å². The van der Waals surface area contributed by atoms with E-state index in [1.54, 1.807) is 0 Å². The lowest BCUT2D eigenvalue weighted by molar-refractivity contribution is 1.35. The summed E-state index contributed by atoms with van der Waals surface area (Å²) < 4.78 is 0. The predicted octanol–water partition coefficient (Wildman–Crippen LogP) is 1.76. The van der Waals surface area contributed by atoms with Gasteiger partial charge >= 0.3 is 0 Å². The third kappa shape index (κ3) is 1.18. The van der Waals surface area contributed by atoms with Crippen LogP contribution < -0.4 is 5.73 Å². The SMILES string of the molecule is Cc1ccc(C)c(C#N)c1N. The number of nitrogens with two attached hydrogens (primary N) is 1. The van der Waals surface area contributed by atoms with Crippen molar-refractivity contribution in [1.29, 1.82) is 5.26 Å². The summed E-state index contributed by atoms with van der Waals surface area (Å²) in [6.45, 7) is 3.78. The van der Waals surface area contributed by atoms with Gasteiger partial charge in [0.25, 0.3) is 0 Å². The highest BCUT2D eigenvalue weighted by atomic mass is 14.6. The molecule has 0 heterocycles. The van der Waals surface area contributed by atoms with Gasteiger partial charge in [0.05, 0.1) is 11.3 Å². The van der Waals surface area contributed by atoms with Crippen LogP contribution in [0.3, 0.4) is 0 Å². The smallest absolute Gasteiger partial charge is 0.102 e. The maximum absolute atomic E-state index is 8.69. The summed E-state index contributed by atoms with van der Waals surface area (Å²) in [6, 6.07) is 5.91. The van der Waals surface area contributed by atoms with Crippen LogP contribution >= 0.6 is 0 Å². The molecule has 0 amide bonds. The number of aryl methyl sites for hydroxylation is 2. The zero-order valence-corrected chi connectivity index (χ0v) is 6.68. The third-order valence-electron chi connectivity index (χ3n) is 1.78. The summed E-state index contributed by atoms with van der Waals surface area (Å²) >= 11 is 0. The van der Waals surface area contributed by atoms with Gasteiger partial charge in [-0.25, -0.2) is 0 Å². The fraction of sp³-hybridized carbons (Fsp3) is 0.222. The minimum atomic E-state index is 0.602. The highest BCUT2D eigenvalue weighted by Crippen LogP contribution is 2.19. The van der Waals surface area contributed by atoms with Crippen molar-refractivity contribution in [3.8, 4) is 6.07 Å². The van der Waals surface area contributed by atoms with Crippen LogP contribution in [0, 0.1) is 25.2 Å². The molecule has 2 nitrogen and oxygen atoms in total. The quantitative estimate of drug-likeness (QED) is 0.567. The predicted molar refractivity (Wildman–Crippen MR) is 45.0 cm³/mol. The van der Waals surface area contributed by atoms with E-state index in [-0.39, 0.29) is 0 Å². The van der Waals surface area contributed by atoms with Gasteiger partial charge in [0, 0.05) is 0 Å². The third-order valence-corrected chi connectivity index (χ3v) is 1.78. The van der Waals surface area contributed by atoms with E-state index >= 15 is 0 Å². The lowest BCUT2D eigenvalue weighted by atomic mass is 10.0. The Kier molecular flexibility index (Phi) is 1.82. The maximum atomic E-state index is 8.69. The van der Waals surface area contributed by atoms with Crippen molar-refractivity contribution < 1.29 is 0 Å². The van der Waals surface area contributed by atoms with Gasteiger partial charge in [-0.2, -0.15) is 5.26 Å². The van der Waals surface area contributed by atoms with Crippen LogP contribution in [-0.4, -0.2) is 0 Å². The fourth-order valence-corrected chi connectivity index (χ4v) is 0.981. The lowest BCUT2D eigenvalue weighted by Gasteiger charge is -2.03. The summed E-state index contributed by atoms with van der Waals surface area (Å²) in [5.41, 5.74) is 8.78. The molecule has 0 saturated heterocycles. The molecule has 0 aliphatic carbocycles. The number of anilines is 1. The lowest BCUT2D eigenvalue weighted by Crippen LogP contribution is -1.95. The molecule has 0 aromatic heterocycles. The molecule has 2 N–H and O–H groups in total. The summed E-state index contributed by atoms with van der Waals surface area (Å²) in [5.74, 6) is 0. The van der Waals surface area contributed by atoms with E-state index in [0.717, 1.165) is 11.1 Å². The molecule has 0 saturated carbocycles. The van der Waals surface area contributed by atoms with E-state index < -0.39 is 0 Å². The van der Waals surface area contributed by atoms with Gasteiger partial charge in [0.2, 0.25) is 0 Å². The van der Waals surface area contributed by atoms with Crippen LogP contribution in [0.1, 0.15) is 16.7 Å². The molecule has 0 bridgehead atoms. The Bertz CT molecular complexity index is 321. The maximum Gasteiger partial charge on any atom is 0.102 e. The van der Waals surface area contributed by atoms with E-state index in [2.05, 4.69) is 6.07 Å². The first-order valence-corrected chi connectivity index (χ1v) is 3.42.